The molecule has 3 aromatic rings. The number of furan rings is 1. The molecule has 31 heavy (non-hydrogen) atoms. The van der Waals surface area contributed by atoms with Crippen molar-refractivity contribution in [3.63, 3.8) is 0 Å². The molecule has 1 N–H and O–H groups in total. The Balaban J connectivity index is 1.67. The van der Waals surface area contributed by atoms with Gasteiger partial charge in [0.2, 0.25) is 15.0 Å². The maximum atomic E-state index is 12.4. The third kappa shape index (κ3) is 5.81. The highest BCUT2D eigenvalue weighted by atomic mass is 32.2. The average molecular weight is 475 g/mol. The van der Waals surface area contributed by atoms with Crippen LogP contribution in [-0.4, -0.2) is 28.9 Å². The first-order valence-corrected chi connectivity index (χ1v) is 12.4. The van der Waals surface area contributed by atoms with Crippen molar-refractivity contribution >= 4 is 50.2 Å². The number of sulfone groups is 1. The van der Waals surface area contributed by atoms with Gasteiger partial charge >= 0.3 is 0 Å². The van der Waals surface area contributed by atoms with E-state index in [1.54, 1.807) is 12.1 Å². The number of aromatic nitrogens is 2. The van der Waals surface area contributed by atoms with Crippen molar-refractivity contribution in [2.24, 2.45) is 0 Å². The fourth-order valence-corrected chi connectivity index (χ4v) is 4.78. The lowest BCUT2D eigenvalue weighted by Gasteiger charge is -2.02. The number of rotatable bonds is 8. The molecule has 8 nitrogen and oxygen atoms in total. The van der Waals surface area contributed by atoms with Crippen LogP contribution in [0, 0.1) is 11.3 Å². The van der Waals surface area contributed by atoms with Crippen molar-refractivity contribution in [3.05, 3.63) is 59.4 Å². The van der Waals surface area contributed by atoms with Gasteiger partial charge in [0.1, 0.15) is 17.4 Å². The molecule has 0 fully saturated rings. The molecule has 0 aliphatic rings. The van der Waals surface area contributed by atoms with Gasteiger partial charge in [0.25, 0.3) is 11.1 Å². The lowest BCUT2D eigenvalue weighted by Crippen LogP contribution is -2.16. The molecule has 0 saturated heterocycles. The summed E-state index contributed by atoms with van der Waals surface area (Å²) in [5, 5.41) is 11.4. The number of hydrogen-bond acceptors (Lipinski definition) is 9. The number of nitriles is 1. The Labute approximate surface area is 188 Å². The zero-order valence-electron chi connectivity index (χ0n) is 16.6. The normalized spacial score (nSPS) is 12.0. The Morgan fingerprint density at radius 2 is 2.03 bits per heavy atom. The van der Waals surface area contributed by atoms with E-state index in [1.165, 1.54) is 31.7 Å². The molecule has 3 rings (SSSR count). The van der Waals surface area contributed by atoms with E-state index >= 15 is 0 Å². The first-order valence-electron chi connectivity index (χ1n) is 9.07. The first kappa shape index (κ1) is 22.7. The van der Waals surface area contributed by atoms with Crippen molar-refractivity contribution < 1.29 is 17.6 Å². The topological polar surface area (TPSA) is 126 Å². The largest absolute Gasteiger partial charge is 0.450 e. The highest BCUT2D eigenvalue weighted by Crippen LogP contribution is 2.26. The molecule has 0 aliphatic carbocycles. The van der Waals surface area contributed by atoms with Crippen molar-refractivity contribution in [2.45, 2.75) is 35.1 Å². The molecular weight excluding hydrogens is 456 g/mol. The van der Waals surface area contributed by atoms with Crippen LogP contribution in [0.4, 0.5) is 5.13 Å². The molecule has 0 atom stereocenters. The smallest absolute Gasteiger partial charge is 0.268 e. The minimum Gasteiger partial charge on any atom is -0.450 e. The van der Waals surface area contributed by atoms with Gasteiger partial charge in [-0.1, -0.05) is 42.1 Å². The number of nitrogens with one attached hydrogen (secondary N) is 1. The molecule has 2 aromatic heterocycles. The van der Waals surface area contributed by atoms with Gasteiger partial charge in [0, 0.05) is 23.4 Å². The standard InChI is InChI=1S/C20H18N4O4S3/c1-13(2)31(26,27)20-23-19(30-24-20)22-18(25)15(11-21)10-16-8-9-17(28-16)29-12-14-6-4-3-5-7-14/h3-10,13H,12H2,1-2H3,(H,22,23,24,25). The quantitative estimate of drug-likeness (QED) is 0.293. The molecule has 0 aliphatic heterocycles. The summed E-state index contributed by atoms with van der Waals surface area (Å²) in [4.78, 5) is 16.2. The summed E-state index contributed by atoms with van der Waals surface area (Å²) in [6.45, 7) is 3.03. The van der Waals surface area contributed by atoms with Crippen LogP contribution in [0.2, 0.25) is 0 Å². The Hall–Kier alpha value is -2.94. The number of carbonyl (C=O) groups excluding carboxylic acids is 1. The average Bonchev–Trinajstić information content (AvgIpc) is 3.41. The van der Waals surface area contributed by atoms with Gasteiger partial charge in [-0.3, -0.25) is 10.1 Å². The first-order chi connectivity index (χ1) is 14.8. The molecule has 0 radical (unpaired) electrons. The molecule has 1 amide bonds. The Bertz CT molecular complexity index is 1240. The summed E-state index contributed by atoms with van der Waals surface area (Å²) in [6, 6.07) is 15.1. The Morgan fingerprint density at radius 3 is 2.71 bits per heavy atom. The number of carbonyl (C=O) groups is 1. The van der Waals surface area contributed by atoms with Gasteiger partial charge < -0.3 is 4.42 Å². The fourth-order valence-electron chi connectivity index (χ4n) is 2.26. The summed E-state index contributed by atoms with van der Waals surface area (Å²) in [5.41, 5.74) is 0.936. The summed E-state index contributed by atoms with van der Waals surface area (Å²) in [5.74, 6) is 0.339. The van der Waals surface area contributed by atoms with Gasteiger partial charge in [-0.15, -0.1) is 0 Å². The second-order valence-corrected chi connectivity index (χ2v) is 10.7. The molecular formula is C20H18N4O4S3. The third-order valence-corrected chi connectivity index (χ3v) is 7.64. The Kier molecular flexibility index (Phi) is 7.27. The maximum Gasteiger partial charge on any atom is 0.268 e. The second kappa shape index (κ2) is 9.91. The van der Waals surface area contributed by atoms with E-state index in [0.29, 0.717) is 10.9 Å². The molecule has 0 unspecified atom stereocenters. The summed E-state index contributed by atoms with van der Waals surface area (Å²) in [6.07, 6.45) is 1.31. The van der Waals surface area contributed by atoms with Crippen LogP contribution in [0.25, 0.3) is 6.08 Å². The number of benzene rings is 1. The van der Waals surface area contributed by atoms with Crippen LogP contribution in [0.5, 0.6) is 0 Å². The van der Waals surface area contributed by atoms with E-state index in [2.05, 4.69) is 14.7 Å². The molecule has 11 heteroatoms. The highest BCUT2D eigenvalue weighted by Gasteiger charge is 2.25. The van der Waals surface area contributed by atoms with Gasteiger partial charge in [-0.05, 0) is 31.5 Å². The highest BCUT2D eigenvalue weighted by molar-refractivity contribution is 7.98. The lowest BCUT2D eigenvalue weighted by molar-refractivity contribution is -0.112. The van der Waals surface area contributed by atoms with Crippen LogP contribution in [-0.2, 0) is 20.4 Å². The summed E-state index contributed by atoms with van der Waals surface area (Å²) >= 11 is 2.22. The molecule has 0 bridgehead atoms. The van der Waals surface area contributed by atoms with Gasteiger partial charge in [-0.2, -0.15) is 14.6 Å². The predicted octanol–water partition coefficient (Wildman–Crippen LogP) is 4.15. The molecule has 1 aromatic carbocycles. The van der Waals surface area contributed by atoms with Crippen LogP contribution in [0.3, 0.4) is 0 Å². The molecule has 0 saturated carbocycles. The number of thioether (sulfide) groups is 1. The fraction of sp³-hybridized carbons (Fsp3) is 0.200. The van der Waals surface area contributed by atoms with Crippen molar-refractivity contribution in [1.29, 1.82) is 5.26 Å². The van der Waals surface area contributed by atoms with E-state index in [0.717, 1.165) is 22.8 Å². The number of nitrogens with zero attached hydrogens (tertiary/aromatic N) is 3. The van der Waals surface area contributed by atoms with E-state index in [1.807, 2.05) is 36.4 Å². The number of hydrogen-bond donors (Lipinski definition) is 1. The van der Waals surface area contributed by atoms with Crippen LogP contribution >= 0.6 is 23.3 Å². The zero-order chi connectivity index (χ0) is 22.4. The summed E-state index contributed by atoms with van der Waals surface area (Å²) in [7, 11) is -3.65. The van der Waals surface area contributed by atoms with Crippen LogP contribution in [0.15, 0.2) is 62.7 Å². The van der Waals surface area contributed by atoms with E-state index in [9.17, 15) is 18.5 Å². The van der Waals surface area contributed by atoms with Crippen molar-refractivity contribution in [3.8, 4) is 6.07 Å². The summed E-state index contributed by atoms with van der Waals surface area (Å²) < 4.78 is 33.6. The van der Waals surface area contributed by atoms with E-state index in [-0.39, 0.29) is 15.9 Å². The SMILES string of the molecule is CC(C)S(=O)(=O)c1nsc(NC(=O)C(C#N)=Cc2ccc(SCc3ccccc3)o2)n1. The number of anilines is 1. The van der Waals surface area contributed by atoms with Crippen molar-refractivity contribution in [2.75, 3.05) is 5.32 Å². The van der Waals surface area contributed by atoms with Crippen LogP contribution in [0.1, 0.15) is 25.2 Å². The zero-order valence-corrected chi connectivity index (χ0v) is 19.1. The van der Waals surface area contributed by atoms with Gasteiger partial charge in [0.05, 0.1) is 5.25 Å². The molecule has 160 valence electrons. The molecule has 0 spiro atoms. The van der Waals surface area contributed by atoms with Gasteiger partial charge in [0.15, 0.2) is 5.09 Å². The Morgan fingerprint density at radius 1 is 1.29 bits per heavy atom. The third-order valence-electron chi connectivity index (χ3n) is 3.98. The second-order valence-electron chi connectivity index (χ2n) is 6.53. The van der Waals surface area contributed by atoms with Crippen LogP contribution < -0.4 is 5.32 Å². The van der Waals surface area contributed by atoms with Gasteiger partial charge in [-0.25, -0.2) is 8.42 Å². The van der Waals surface area contributed by atoms with Crippen molar-refractivity contribution in [1.82, 2.24) is 9.36 Å². The lowest BCUT2D eigenvalue weighted by atomic mass is 10.2. The predicted molar refractivity (Wildman–Crippen MR) is 119 cm³/mol. The maximum absolute atomic E-state index is 12.4. The van der Waals surface area contributed by atoms with E-state index in [4.69, 9.17) is 4.42 Å². The number of amides is 1. The molecule has 2 heterocycles. The minimum absolute atomic E-state index is 0.0103. The monoisotopic (exact) mass is 474 g/mol. The minimum atomic E-state index is -3.65. The van der Waals surface area contributed by atoms with E-state index < -0.39 is 21.0 Å².